The van der Waals surface area contributed by atoms with Gasteiger partial charge in [-0.1, -0.05) is 13.0 Å². The largest absolute Gasteiger partial charge is 0.490 e. The lowest BCUT2D eigenvalue weighted by Gasteiger charge is -2.14. The number of halogens is 1. The van der Waals surface area contributed by atoms with Gasteiger partial charge in [-0.2, -0.15) is 0 Å². The monoisotopic (exact) mass is 594 g/mol. The Hall–Kier alpha value is -2.53. The second-order valence-corrected chi connectivity index (χ2v) is 9.96. The summed E-state index contributed by atoms with van der Waals surface area (Å²) in [7, 11) is 0. The first-order chi connectivity index (χ1) is 16.2. The summed E-state index contributed by atoms with van der Waals surface area (Å²) in [5.41, 5.74) is 3.36. The van der Waals surface area contributed by atoms with Crippen LogP contribution in [0.2, 0.25) is 0 Å². The van der Waals surface area contributed by atoms with Gasteiger partial charge in [0.25, 0.3) is 11.1 Å². The molecule has 1 heterocycles. The Balaban J connectivity index is 1.76. The predicted octanol–water partition coefficient (Wildman–Crippen LogP) is 5.77. The molecule has 0 atom stereocenters. The molecule has 0 radical (unpaired) electrons. The van der Waals surface area contributed by atoms with Crippen molar-refractivity contribution in [2.45, 2.75) is 34.1 Å². The van der Waals surface area contributed by atoms with Crippen molar-refractivity contribution in [3.8, 4) is 11.5 Å². The van der Waals surface area contributed by atoms with Crippen LogP contribution in [-0.2, 0) is 9.59 Å². The average molecular weight is 594 g/mol. The maximum absolute atomic E-state index is 12.9. The summed E-state index contributed by atoms with van der Waals surface area (Å²) in [5.74, 6) is 0.322. The number of aryl methyl sites for hydroxylation is 2. The van der Waals surface area contributed by atoms with E-state index in [-0.39, 0.29) is 11.4 Å². The lowest BCUT2D eigenvalue weighted by Crippen LogP contribution is -2.36. The van der Waals surface area contributed by atoms with E-state index in [4.69, 9.17) is 9.47 Å². The summed E-state index contributed by atoms with van der Waals surface area (Å²) in [4.78, 5) is 39.1. The molecule has 1 aliphatic rings. The van der Waals surface area contributed by atoms with Crippen molar-refractivity contribution >= 4 is 63.2 Å². The van der Waals surface area contributed by atoms with Crippen molar-refractivity contribution in [1.29, 1.82) is 0 Å². The molecule has 34 heavy (non-hydrogen) atoms. The van der Waals surface area contributed by atoms with Gasteiger partial charge in [0.2, 0.25) is 5.91 Å². The highest BCUT2D eigenvalue weighted by Crippen LogP contribution is 2.37. The number of hydrogen-bond acceptors (Lipinski definition) is 6. The van der Waals surface area contributed by atoms with E-state index in [2.05, 4.69) is 27.9 Å². The van der Waals surface area contributed by atoms with Gasteiger partial charge >= 0.3 is 0 Å². The number of amides is 3. The molecule has 2 aromatic rings. The topological polar surface area (TPSA) is 84.9 Å². The number of carbonyl (C=O) groups is 3. The number of anilines is 1. The van der Waals surface area contributed by atoms with Gasteiger partial charge in [0, 0.05) is 5.69 Å². The normalized spacial score (nSPS) is 14.6. The number of thioether (sulfide) groups is 1. The molecule has 2 aromatic carbocycles. The van der Waals surface area contributed by atoms with E-state index in [0.29, 0.717) is 36.0 Å². The predicted molar refractivity (Wildman–Crippen MR) is 143 cm³/mol. The minimum atomic E-state index is -0.496. The third kappa shape index (κ3) is 6.53. The molecule has 0 aromatic heterocycles. The summed E-state index contributed by atoms with van der Waals surface area (Å²) in [6.45, 7) is 8.47. The fourth-order valence-electron chi connectivity index (χ4n) is 3.46. The number of imide groups is 1. The first-order valence-corrected chi connectivity index (χ1v) is 12.8. The van der Waals surface area contributed by atoms with Crippen molar-refractivity contribution in [2.24, 2.45) is 0 Å². The standard InChI is InChI=1S/C25H27IN2O5S/c1-5-7-33-23-19(26)11-17(12-20(23)32-6-2)13-21-24(30)28(25(31)34-21)14-22(29)27-18-9-15(3)8-16(4)10-18/h8-13H,5-7,14H2,1-4H3,(H,27,29)/b21-13-. The van der Waals surface area contributed by atoms with Crippen molar-refractivity contribution < 1.29 is 23.9 Å². The number of nitrogens with one attached hydrogen (secondary N) is 1. The van der Waals surface area contributed by atoms with Crippen LogP contribution in [0.15, 0.2) is 35.2 Å². The van der Waals surface area contributed by atoms with E-state index in [0.717, 1.165) is 37.8 Å². The van der Waals surface area contributed by atoms with Gasteiger partial charge in [0.15, 0.2) is 11.5 Å². The number of nitrogens with zero attached hydrogens (tertiary/aromatic N) is 1. The molecule has 1 fully saturated rings. The molecule has 9 heteroatoms. The maximum atomic E-state index is 12.9. The van der Waals surface area contributed by atoms with Gasteiger partial charge in [-0.25, -0.2) is 0 Å². The van der Waals surface area contributed by atoms with Crippen LogP contribution in [0.4, 0.5) is 10.5 Å². The fraction of sp³-hybridized carbons (Fsp3) is 0.320. The van der Waals surface area contributed by atoms with Gasteiger partial charge in [0.05, 0.1) is 21.7 Å². The molecule has 3 amide bonds. The minimum absolute atomic E-state index is 0.254. The molecule has 0 aliphatic carbocycles. The first-order valence-electron chi connectivity index (χ1n) is 10.9. The van der Waals surface area contributed by atoms with Gasteiger partial charge in [-0.3, -0.25) is 19.3 Å². The molecule has 0 bridgehead atoms. The van der Waals surface area contributed by atoms with Crippen molar-refractivity contribution in [1.82, 2.24) is 4.90 Å². The lowest BCUT2D eigenvalue weighted by molar-refractivity contribution is -0.127. The van der Waals surface area contributed by atoms with Crippen LogP contribution >= 0.6 is 34.4 Å². The number of hydrogen-bond donors (Lipinski definition) is 1. The van der Waals surface area contributed by atoms with Gasteiger partial charge in [-0.05, 0) is 109 Å². The molecule has 3 rings (SSSR count). The zero-order valence-corrected chi connectivity index (χ0v) is 22.5. The number of carbonyl (C=O) groups excluding carboxylic acids is 3. The second-order valence-electron chi connectivity index (χ2n) is 7.80. The zero-order chi connectivity index (χ0) is 24.8. The summed E-state index contributed by atoms with van der Waals surface area (Å²) in [5, 5.41) is 2.29. The summed E-state index contributed by atoms with van der Waals surface area (Å²) < 4.78 is 12.4. The SMILES string of the molecule is CCCOc1c(I)cc(/C=C2\SC(=O)N(CC(=O)Nc3cc(C)cc(C)c3)C2=O)cc1OCC. The molecule has 7 nitrogen and oxygen atoms in total. The zero-order valence-electron chi connectivity index (χ0n) is 19.6. The molecular formula is C25H27IN2O5S. The van der Waals surface area contributed by atoms with E-state index in [1.807, 2.05) is 52.0 Å². The molecule has 180 valence electrons. The summed E-state index contributed by atoms with van der Waals surface area (Å²) >= 11 is 2.98. The van der Waals surface area contributed by atoms with Crippen LogP contribution in [-0.4, -0.2) is 41.7 Å². The van der Waals surface area contributed by atoms with Crippen LogP contribution in [0.25, 0.3) is 6.08 Å². The molecular weight excluding hydrogens is 567 g/mol. The molecule has 1 saturated heterocycles. The van der Waals surface area contributed by atoms with Crippen LogP contribution < -0.4 is 14.8 Å². The number of rotatable bonds is 9. The van der Waals surface area contributed by atoms with E-state index < -0.39 is 17.1 Å². The Kier molecular flexibility index (Phi) is 9.01. The van der Waals surface area contributed by atoms with E-state index in [1.165, 1.54) is 0 Å². The molecule has 0 saturated carbocycles. The van der Waals surface area contributed by atoms with Gasteiger partial charge < -0.3 is 14.8 Å². The van der Waals surface area contributed by atoms with Crippen LogP contribution in [0.3, 0.4) is 0 Å². The second kappa shape index (κ2) is 11.7. The first kappa shape index (κ1) is 26.1. The Morgan fingerprint density at radius 2 is 1.79 bits per heavy atom. The van der Waals surface area contributed by atoms with E-state index >= 15 is 0 Å². The van der Waals surface area contributed by atoms with E-state index in [1.54, 1.807) is 12.1 Å². The van der Waals surface area contributed by atoms with Crippen LogP contribution in [0.5, 0.6) is 11.5 Å². The highest BCUT2D eigenvalue weighted by molar-refractivity contribution is 14.1. The Morgan fingerprint density at radius 3 is 2.44 bits per heavy atom. The Bertz CT molecular complexity index is 1130. The fourth-order valence-corrected chi connectivity index (χ4v) is 5.08. The van der Waals surface area contributed by atoms with Crippen molar-refractivity contribution in [2.75, 3.05) is 25.1 Å². The van der Waals surface area contributed by atoms with Crippen LogP contribution in [0, 0.1) is 17.4 Å². The maximum Gasteiger partial charge on any atom is 0.294 e. The number of ether oxygens (including phenoxy) is 2. The van der Waals surface area contributed by atoms with Crippen molar-refractivity contribution in [3.63, 3.8) is 0 Å². The third-order valence-corrected chi connectivity index (χ3v) is 6.47. The highest BCUT2D eigenvalue weighted by Gasteiger charge is 2.36. The molecule has 0 unspecified atom stereocenters. The lowest BCUT2D eigenvalue weighted by atomic mass is 10.1. The quantitative estimate of drug-likeness (QED) is 0.293. The molecule has 1 N–H and O–H groups in total. The number of benzene rings is 2. The molecule has 1 aliphatic heterocycles. The third-order valence-electron chi connectivity index (χ3n) is 4.76. The van der Waals surface area contributed by atoms with E-state index in [9.17, 15) is 14.4 Å². The summed E-state index contributed by atoms with van der Waals surface area (Å²) in [6, 6.07) is 9.33. The Morgan fingerprint density at radius 1 is 1.09 bits per heavy atom. The highest BCUT2D eigenvalue weighted by atomic mass is 127. The van der Waals surface area contributed by atoms with Crippen molar-refractivity contribution in [3.05, 3.63) is 55.5 Å². The minimum Gasteiger partial charge on any atom is -0.490 e. The van der Waals surface area contributed by atoms with Crippen LogP contribution in [0.1, 0.15) is 37.0 Å². The smallest absolute Gasteiger partial charge is 0.294 e. The summed E-state index contributed by atoms with van der Waals surface area (Å²) in [6.07, 6.45) is 2.51. The Labute approximate surface area is 217 Å². The van der Waals surface area contributed by atoms with Gasteiger partial charge in [0.1, 0.15) is 6.54 Å². The van der Waals surface area contributed by atoms with Gasteiger partial charge in [-0.15, -0.1) is 0 Å². The average Bonchev–Trinajstić information content (AvgIpc) is 3.00. The molecule has 0 spiro atoms.